The van der Waals surface area contributed by atoms with E-state index >= 15 is 0 Å². The fourth-order valence-electron chi connectivity index (χ4n) is 4.04. The smallest absolute Gasteiger partial charge is 0.319 e. The molecule has 33 heavy (non-hydrogen) atoms. The summed E-state index contributed by atoms with van der Waals surface area (Å²) in [5, 5.41) is 6.55. The van der Waals surface area contributed by atoms with Crippen LogP contribution in [0.4, 0.5) is 14.9 Å². The standard InChI is InChI=1S/C24H25ClFN5O2/c1-33-20-6-7-22(28-13-20)21-15-31(14-16-10-18(26)12-27-11-16)9-8-23(21)30-24(32)29-19-4-2-17(25)3-5-19/h2-7,10-13,21,23H,8-9,14-15H2,1H3,(H2,29,30,32). The molecule has 1 aliphatic heterocycles. The van der Waals surface area contributed by atoms with E-state index in [2.05, 4.69) is 25.5 Å². The van der Waals surface area contributed by atoms with Gasteiger partial charge in [0, 0.05) is 54.2 Å². The molecule has 9 heteroatoms. The van der Waals surface area contributed by atoms with Crippen molar-refractivity contribution in [3.63, 3.8) is 0 Å². The van der Waals surface area contributed by atoms with Crippen LogP contribution in [0.25, 0.3) is 0 Å². The molecular weight excluding hydrogens is 445 g/mol. The predicted octanol–water partition coefficient (Wildman–Crippen LogP) is 4.46. The maximum atomic E-state index is 13.6. The zero-order chi connectivity index (χ0) is 23.2. The van der Waals surface area contributed by atoms with Gasteiger partial charge in [-0.3, -0.25) is 14.9 Å². The Labute approximate surface area is 197 Å². The van der Waals surface area contributed by atoms with E-state index in [1.807, 2.05) is 12.1 Å². The number of anilines is 1. The molecule has 7 nitrogen and oxygen atoms in total. The number of aromatic nitrogens is 2. The normalized spacial score (nSPS) is 18.5. The molecule has 172 valence electrons. The van der Waals surface area contributed by atoms with Gasteiger partial charge in [0.25, 0.3) is 0 Å². The molecule has 0 aliphatic carbocycles. The summed E-state index contributed by atoms with van der Waals surface area (Å²) < 4.78 is 18.8. The molecule has 2 amide bonds. The minimum absolute atomic E-state index is 0.0536. The zero-order valence-corrected chi connectivity index (χ0v) is 18.9. The number of hydrogen-bond donors (Lipinski definition) is 2. The average molecular weight is 470 g/mol. The predicted molar refractivity (Wildman–Crippen MR) is 125 cm³/mol. The lowest BCUT2D eigenvalue weighted by Crippen LogP contribution is -2.50. The van der Waals surface area contributed by atoms with Crippen molar-refractivity contribution in [3.8, 4) is 5.75 Å². The first kappa shape index (κ1) is 22.9. The number of halogens is 2. The molecule has 1 fully saturated rings. The molecule has 0 bridgehead atoms. The van der Waals surface area contributed by atoms with Gasteiger partial charge in [0.2, 0.25) is 0 Å². The van der Waals surface area contributed by atoms with Gasteiger partial charge in [-0.25, -0.2) is 9.18 Å². The first-order valence-electron chi connectivity index (χ1n) is 10.6. The maximum Gasteiger partial charge on any atom is 0.319 e. The highest BCUT2D eigenvalue weighted by Crippen LogP contribution is 2.28. The molecule has 1 aromatic carbocycles. The van der Waals surface area contributed by atoms with E-state index in [0.29, 0.717) is 29.5 Å². The number of rotatable bonds is 6. The number of nitrogens with zero attached hydrogens (tertiary/aromatic N) is 3. The molecule has 2 unspecified atom stereocenters. The van der Waals surface area contributed by atoms with E-state index in [4.69, 9.17) is 16.3 Å². The van der Waals surface area contributed by atoms with Gasteiger partial charge in [-0.2, -0.15) is 0 Å². The number of methoxy groups -OCH3 is 1. The average Bonchev–Trinajstić information content (AvgIpc) is 2.82. The monoisotopic (exact) mass is 469 g/mol. The minimum atomic E-state index is -0.351. The van der Waals surface area contributed by atoms with Gasteiger partial charge < -0.3 is 15.4 Å². The Morgan fingerprint density at radius 3 is 2.73 bits per heavy atom. The third-order valence-electron chi connectivity index (χ3n) is 5.66. The first-order chi connectivity index (χ1) is 16.0. The number of urea groups is 1. The second kappa shape index (κ2) is 10.6. The first-order valence-corrected chi connectivity index (χ1v) is 11.0. The van der Waals surface area contributed by atoms with Crippen LogP contribution in [-0.2, 0) is 6.54 Å². The minimum Gasteiger partial charge on any atom is -0.495 e. The van der Waals surface area contributed by atoms with Crippen molar-refractivity contribution in [2.75, 3.05) is 25.5 Å². The van der Waals surface area contributed by atoms with Crippen LogP contribution in [-0.4, -0.2) is 47.1 Å². The summed E-state index contributed by atoms with van der Waals surface area (Å²) in [5.41, 5.74) is 2.32. The third-order valence-corrected chi connectivity index (χ3v) is 5.91. The molecule has 0 radical (unpaired) electrons. The molecule has 2 N–H and O–H groups in total. The number of carbonyl (C=O) groups is 1. The Morgan fingerprint density at radius 2 is 2.03 bits per heavy atom. The van der Waals surface area contributed by atoms with E-state index in [0.717, 1.165) is 24.2 Å². The van der Waals surface area contributed by atoms with E-state index < -0.39 is 0 Å². The Bertz CT molecular complexity index is 1080. The van der Waals surface area contributed by atoms with Gasteiger partial charge in [-0.05, 0) is 54.4 Å². The molecule has 3 aromatic rings. The topological polar surface area (TPSA) is 79.4 Å². The van der Waals surface area contributed by atoms with E-state index in [1.165, 1.54) is 12.3 Å². The van der Waals surface area contributed by atoms with E-state index in [1.54, 1.807) is 43.8 Å². The van der Waals surface area contributed by atoms with Crippen molar-refractivity contribution < 1.29 is 13.9 Å². The number of pyridine rings is 2. The number of ether oxygens (including phenoxy) is 1. The molecule has 2 aromatic heterocycles. The molecule has 1 aliphatic rings. The summed E-state index contributed by atoms with van der Waals surface area (Å²) in [7, 11) is 1.59. The molecule has 3 heterocycles. The second-order valence-corrected chi connectivity index (χ2v) is 8.41. The van der Waals surface area contributed by atoms with Crippen LogP contribution < -0.4 is 15.4 Å². The summed E-state index contributed by atoms with van der Waals surface area (Å²) in [6, 6.07) is 11.8. The van der Waals surface area contributed by atoms with Gasteiger partial charge in [-0.1, -0.05) is 11.6 Å². The number of hydrogen-bond acceptors (Lipinski definition) is 5. The summed E-state index contributed by atoms with van der Waals surface area (Å²) >= 11 is 5.92. The van der Waals surface area contributed by atoms with Crippen molar-refractivity contribution >= 4 is 23.3 Å². The highest BCUT2D eigenvalue weighted by molar-refractivity contribution is 6.30. The molecule has 0 spiro atoms. The van der Waals surface area contributed by atoms with Crippen molar-refractivity contribution in [1.82, 2.24) is 20.2 Å². The fourth-order valence-corrected chi connectivity index (χ4v) is 4.16. The summed E-state index contributed by atoms with van der Waals surface area (Å²) in [6.45, 7) is 1.97. The molecule has 0 saturated carbocycles. The van der Waals surface area contributed by atoms with Gasteiger partial charge in [0.05, 0.1) is 19.5 Å². The Kier molecular flexibility index (Phi) is 7.36. The van der Waals surface area contributed by atoms with Gasteiger partial charge in [-0.15, -0.1) is 0 Å². The van der Waals surface area contributed by atoms with Crippen molar-refractivity contribution in [2.24, 2.45) is 0 Å². The van der Waals surface area contributed by atoms with Gasteiger partial charge in [0.15, 0.2) is 0 Å². The van der Waals surface area contributed by atoms with Crippen LogP contribution in [0.2, 0.25) is 5.02 Å². The third kappa shape index (κ3) is 6.18. The summed E-state index contributed by atoms with van der Waals surface area (Å²) in [5.74, 6) is 0.265. The van der Waals surface area contributed by atoms with Crippen LogP contribution in [0.15, 0.2) is 61.1 Å². The number of likely N-dealkylation sites (tertiary alicyclic amines) is 1. The lowest BCUT2D eigenvalue weighted by Gasteiger charge is -2.38. The van der Waals surface area contributed by atoms with Crippen molar-refractivity contribution in [3.05, 3.63) is 83.2 Å². The van der Waals surface area contributed by atoms with Crippen LogP contribution in [0.3, 0.4) is 0 Å². The Hall–Kier alpha value is -3.23. The molecule has 2 atom stereocenters. The SMILES string of the molecule is COc1ccc(C2CN(Cc3cncc(F)c3)CCC2NC(=O)Nc2ccc(Cl)cc2)nc1. The lowest BCUT2D eigenvalue weighted by molar-refractivity contribution is 0.166. The van der Waals surface area contributed by atoms with Crippen molar-refractivity contribution in [1.29, 1.82) is 0 Å². The largest absolute Gasteiger partial charge is 0.495 e. The highest BCUT2D eigenvalue weighted by Gasteiger charge is 2.32. The van der Waals surface area contributed by atoms with Crippen molar-refractivity contribution in [2.45, 2.75) is 24.9 Å². The molecule has 1 saturated heterocycles. The van der Waals surface area contributed by atoms with Crippen LogP contribution in [0.1, 0.15) is 23.6 Å². The zero-order valence-electron chi connectivity index (χ0n) is 18.2. The number of nitrogens with one attached hydrogen (secondary N) is 2. The highest BCUT2D eigenvalue weighted by atomic mass is 35.5. The van der Waals surface area contributed by atoms with E-state index in [-0.39, 0.29) is 23.8 Å². The Morgan fingerprint density at radius 1 is 1.21 bits per heavy atom. The number of piperidine rings is 1. The summed E-state index contributed by atoms with van der Waals surface area (Å²) in [4.78, 5) is 23.4. The maximum absolute atomic E-state index is 13.6. The van der Waals surface area contributed by atoms with Crippen LogP contribution in [0.5, 0.6) is 5.75 Å². The van der Waals surface area contributed by atoms with E-state index in [9.17, 15) is 9.18 Å². The lowest BCUT2D eigenvalue weighted by atomic mass is 9.88. The Balaban J connectivity index is 1.48. The summed E-state index contributed by atoms with van der Waals surface area (Å²) in [6.07, 6.45) is 5.27. The second-order valence-electron chi connectivity index (χ2n) is 7.98. The van der Waals surface area contributed by atoms with Gasteiger partial charge >= 0.3 is 6.03 Å². The number of amides is 2. The quantitative estimate of drug-likeness (QED) is 0.557. The molecular formula is C24H25ClFN5O2. The number of benzene rings is 1. The van der Waals surface area contributed by atoms with Gasteiger partial charge in [0.1, 0.15) is 11.6 Å². The van der Waals surface area contributed by atoms with Crippen LogP contribution in [0, 0.1) is 5.82 Å². The molecule has 4 rings (SSSR count). The fraction of sp³-hybridized carbons (Fsp3) is 0.292. The number of carbonyl (C=O) groups excluding carboxylic acids is 1. The van der Waals surface area contributed by atoms with Crippen LogP contribution >= 0.6 is 11.6 Å².